The first-order chi connectivity index (χ1) is 8.07. The topological polar surface area (TPSA) is 49.0 Å². The van der Waals surface area contributed by atoms with Crippen molar-refractivity contribution in [3.8, 4) is 0 Å². The fourth-order valence-electron chi connectivity index (χ4n) is 2.31. The van der Waals surface area contributed by atoms with E-state index < -0.39 is 5.79 Å². The largest absolute Gasteiger partial charge is 0.353 e. The molecule has 17 heavy (non-hydrogen) atoms. The Morgan fingerprint density at radius 3 is 2.65 bits per heavy atom. The van der Waals surface area contributed by atoms with Crippen molar-refractivity contribution in [1.29, 1.82) is 0 Å². The van der Waals surface area contributed by atoms with Crippen molar-refractivity contribution >= 4 is 11.6 Å². The third-order valence-electron chi connectivity index (χ3n) is 2.96. The number of halogens is 1. The molecule has 2 aliphatic heterocycles. The Morgan fingerprint density at radius 1 is 1.29 bits per heavy atom. The van der Waals surface area contributed by atoms with E-state index in [1.807, 2.05) is 13.8 Å². The minimum absolute atomic E-state index is 0.0602. The molecule has 0 aromatic carbocycles. The number of rotatable bonds is 5. The maximum absolute atomic E-state index is 5.85. The highest BCUT2D eigenvalue weighted by molar-refractivity contribution is 6.18. The maximum atomic E-state index is 5.85. The van der Waals surface area contributed by atoms with Gasteiger partial charge in [0.2, 0.25) is 0 Å². The predicted molar refractivity (Wildman–Crippen MR) is 63.1 cm³/mol. The SMILES string of the molecule is COC1OC(CNCCCl)C2OC(C)(C)OC12. The Balaban J connectivity index is 1.95. The molecule has 2 fully saturated rings. The third-order valence-corrected chi connectivity index (χ3v) is 3.15. The smallest absolute Gasteiger partial charge is 0.186 e. The Morgan fingerprint density at radius 2 is 2.00 bits per heavy atom. The van der Waals surface area contributed by atoms with Gasteiger partial charge in [-0.3, -0.25) is 0 Å². The zero-order chi connectivity index (χ0) is 12.5. The minimum Gasteiger partial charge on any atom is -0.353 e. The third kappa shape index (κ3) is 2.92. The van der Waals surface area contributed by atoms with Crippen molar-refractivity contribution in [2.24, 2.45) is 0 Å². The van der Waals surface area contributed by atoms with Crippen LogP contribution in [0.5, 0.6) is 0 Å². The molecule has 0 radical (unpaired) electrons. The Labute approximate surface area is 107 Å². The molecule has 2 heterocycles. The van der Waals surface area contributed by atoms with E-state index in [9.17, 15) is 0 Å². The summed E-state index contributed by atoms with van der Waals surface area (Å²) < 4.78 is 22.6. The molecule has 5 nitrogen and oxygen atoms in total. The summed E-state index contributed by atoms with van der Waals surface area (Å²) in [6, 6.07) is 0. The standard InChI is InChI=1S/C11H20ClNO4/c1-11(2)16-8-7(6-13-5-4-12)15-10(14-3)9(8)17-11/h7-10,13H,4-6H2,1-3H3. The molecule has 4 atom stereocenters. The normalized spacial score (nSPS) is 39.5. The van der Waals surface area contributed by atoms with Gasteiger partial charge >= 0.3 is 0 Å². The van der Waals surface area contributed by atoms with E-state index in [1.54, 1.807) is 7.11 Å². The number of hydrogen-bond donors (Lipinski definition) is 1. The van der Waals surface area contributed by atoms with Crippen molar-refractivity contribution in [2.45, 2.75) is 44.2 Å². The fourth-order valence-corrected chi connectivity index (χ4v) is 2.44. The number of fused-ring (bicyclic) bond motifs is 1. The minimum atomic E-state index is -0.569. The number of alkyl halides is 1. The molecule has 4 unspecified atom stereocenters. The predicted octanol–water partition coefficient (Wildman–Crippen LogP) is 0.706. The van der Waals surface area contributed by atoms with Gasteiger partial charge in [-0.25, -0.2) is 0 Å². The highest BCUT2D eigenvalue weighted by Crippen LogP contribution is 2.38. The van der Waals surface area contributed by atoms with E-state index in [0.717, 1.165) is 6.54 Å². The van der Waals surface area contributed by atoms with Crippen LogP contribution in [0.1, 0.15) is 13.8 Å². The summed E-state index contributed by atoms with van der Waals surface area (Å²) in [4.78, 5) is 0. The molecule has 0 saturated carbocycles. The van der Waals surface area contributed by atoms with E-state index in [-0.39, 0.29) is 24.6 Å². The van der Waals surface area contributed by atoms with Crippen LogP contribution in [-0.2, 0) is 18.9 Å². The number of hydrogen-bond acceptors (Lipinski definition) is 5. The van der Waals surface area contributed by atoms with Crippen LogP contribution in [0.15, 0.2) is 0 Å². The van der Waals surface area contributed by atoms with E-state index in [4.69, 9.17) is 30.5 Å². The van der Waals surface area contributed by atoms with E-state index in [2.05, 4.69) is 5.32 Å². The second kappa shape index (κ2) is 5.38. The summed E-state index contributed by atoms with van der Waals surface area (Å²) >= 11 is 5.62. The highest BCUT2D eigenvalue weighted by atomic mass is 35.5. The fraction of sp³-hybridized carbons (Fsp3) is 1.00. The Hall–Kier alpha value is 0.0900. The average Bonchev–Trinajstić information content (AvgIpc) is 2.73. The number of methoxy groups -OCH3 is 1. The number of nitrogens with one attached hydrogen (secondary N) is 1. The summed E-state index contributed by atoms with van der Waals surface area (Å²) in [5, 5.41) is 3.21. The lowest BCUT2D eigenvalue weighted by Gasteiger charge is -2.23. The molecule has 2 rings (SSSR count). The quantitative estimate of drug-likeness (QED) is 0.586. The van der Waals surface area contributed by atoms with Crippen molar-refractivity contribution in [1.82, 2.24) is 5.32 Å². The van der Waals surface area contributed by atoms with Crippen molar-refractivity contribution < 1.29 is 18.9 Å². The van der Waals surface area contributed by atoms with Crippen LogP contribution < -0.4 is 5.32 Å². The molecule has 2 saturated heterocycles. The van der Waals surface area contributed by atoms with Crippen molar-refractivity contribution in [2.75, 3.05) is 26.1 Å². The van der Waals surface area contributed by atoms with E-state index in [0.29, 0.717) is 12.4 Å². The molecule has 0 amide bonds. The van der Waals surface area contributed by atoms with Gasteiger partial charge in [0.05, 0.1) is 0 Å². The molecule has 0 aliphatic carbocycles. The van der Waals surface area contributed by atoms with Gasteiger partial charge in [-0.15, -0.1) is 11.6 Å². The summed E-state index contributed by atoms with van der Waals surface area (Å²) in [6.45, 7) is 5.25. The van der Waals surface area contributed by atoms with Crippen LogP contribution in [0.3, 0.4) is 0 Å². The van der Waals surface area contributed by atoms with Gasteiger partial charge in [-0.1, -0.05) is 0 Å². The molecular weight excluding hydrogens is 246 g/mol. The van der Waals surface area contributed by atoms with Gasteiger partial charge < -0.3 is 24.3 Å². The van der Waals surface area contributed by atoms with Crippen molar-refractivity contribution in [3.63, 3.8) is 0 Å². The summed E-state index contributed by atoms with van der Waals surface area (Å²) in [5.74, 6) is 0.0119. The molecule has 2 aliphatic rings. The molecule has 100 valence electrons. The lowest BCUT2D eigenvalue weighted by atomic mass is 10.1. The lowest BCUT2D eigenvalue weighted by Crippen LogP contribution is -2.38. The van der Waals surface area contributed by atoms with Crippen LogP contribution >= 0.6 is 11.6 Å². The zero-order valence-electron chi connectivity index (χ0n) is 10.4. The average molecular weight is 266 g/mol. The van der Waals surface area contributed by atoms with Crippen LogP contribution in [0.25, 0.3) is 0 Å². The molecule has 1 N–H and O–H groups in total. The molecule has 0 aromatic heterocycles. The summed E-state index contributed by atoms with van der Waals surface area (Å²) in [7, 11) is 1.62. The van der Waals surface area contributed by atoms with E-state index in [1.165, 1.54) is 0 Å². The van der Waals surface area contributed by atoms with Gasteiger partial charge in [0.25, 0.3) is 0 Å². The maximum Gasteiger partial charge on any atom is 0.186 e. The zero-order valence-corrected chi connectivity index (χ0v) is 11.2. The monoisotopic (exact) mass is 265 g/mol. The van der Waals surface area contributed by atoms with E-state index >= 15 is 0 Å². The molecular formula is C11H20ClNO4. The van der Waals surface area contributed by atoms with Crippen LogP contribution in [0.4, 0.5) is 0 Å². The molecule has 0 aromatic rings. The van der Waals surface area contributed by atoms with Gasteiger partial charge in [-0.2, -0.15) is 0 Å². The van der Waals surface area contributed by atoms with Crippen LogP contribution in [-0.4, -0.2) is 56.5 Å². The molecule has 0 bridgehead atoms. The van der Waals surface area contributed by atoms with Crippen LogP contribution in [0, 0.1) is 0 Å². The second-order valence-corrected chi connectivity index (χ2v) is 5.11. The highest BCUT2D eigenvalue weighted by Gasteiger charge is 2.55. The first-order valence-corrected chi connectivity index (χ1v) is 6.41. The lowest BCUT2D eigenvalue weighted by molar-refractivity contribution is -0.226. The summed E-state index contributed by atoms with van der Waals surface area (Å²) in [5.41, 5.74) is 0. The summed E-state index contributed by atoms with van der Waals surface area (Å²) in [6.07, 6.45) is -0.657. The Bertz CT molecular complexity index is 264. The molecule has 6 heteroatoms. The van der Waals surface area contributed by atoms with Crippen molar-refractivity contribution in [3.05, 3.63) is 0 Å². The Kier molecular flexibility index (Phi) is 4.28. The number of ether oxygens (including phenoxy) is 4. The van der Waals surface area contributed by atoms with Gasteiger partial charge in [-0.05, 0) is 13.8 Å². The molecule has 0 spiro atoms. The van der Waals surface area contributed by atoms with Crippen LogP contribution in [0.2, 0.25) is 0 Å². The van der Waals surface area contributed by atoms with Gasteiger partial charge in [0, 0.05) is 26.1 Å². The first-order valence-electron chi connectivity index (χ1n) is 5.88. The van der Waals surface area contributed by atoms with Gasteiger partial charge in [0.15, 0.2) is 12.1 Å². The second-order valence-electron chi connectivity index (χ2n) is 4.74. The first kappa shape index (κ1) is 13.5. The van der Waals surface area contributed by atoms with Gasteiger partial charge in [0.1, 0.15) is 18.3 Å².